The van der Waals surface area contributed by atoms with Crippen LogP contribution in [0.4, 0.5) is 0 Å². The van der Waals surface area contributed by atoms with Crippen molar-refractivity contribution in [3.05, 3.63) is 125 Å². The van der Waals surface area contributed by atoms with Crippen molar-refractivity contribution in [1.29, 1.82) is 0 Å². The molecular weight excluding hydrogens is 695 g/mol. The van der Waals surface area contributed by atoms with Gasteiger partial charge in [0.1, 0.15) is 29.9 Å². The Morgan fingerprint density at radius 2 is 1.24 bits per heavy atom. The largest absolute Gasteiger partial charge is 0.507 e. The first kappa shape index (κ1) is 43.0. The summed E-state index contributed by atoms with van der Waals surface area (Å²) in [6, 6.07) is 28.3. The van der Waals surface area contributed by atoms with Crippen LogP contribution in [0.15, 0.2) is 103 Å². The highest BCUT2D eigenvalue weighted by atomic mass is 16.5. The number of hydrogen-bond donors (Lipinski definition) is 5. The summed E-state index contributed by atoms with van der Waals surface area (Å²) in [6.45, 7) is 12.3. The van der Waals surface area contributed by atoms with E-state index >= 15 is 0 Å². The summed E-state index contributed by atoms with van der Waals surface area (Å²) in [5.41, 5.74) is 2.05. The Labute approximate surface area is 326 Å². The lowest BCUT2D eigenvalue weighted by molar-refractivity contribution is -0.151. The highest BCUT2D eigenvalue weighted by molar-refractivity contribution is 5.90. The Balaban J connectivity index is 1.71. The van der Waals surface area contributed by atoms with Crippen molar-refractivity contribution in [2.45, 2.75) is 97.9 Å². The fourth-order valence-corrected chi connectivity index (χ4v) is 6.48. The van der Waals surface area contributed by atoms with Crippen molar-refractivity contribution < 1.29 is 34.0 Å². The molecule has 4 rings (SSSR count). The minimum Gasteiger partial charge on any atom is -0.507 e. The third kappa shape index (κ3) is 12.7. The van der Waals surface area contributed by atoms with Crippen LogP contribution in [0.25, 0.3) is 0 Å². The van der Waals surface area contributed by atoms with Crippen molar-refractivity contribution in [2.75, 3.05) is 14.2 Å². The van der Waals surface area contributed by atoms with E-state index < -0.39 is 47.1 Å². The van der Waals surface area contributed by atoms with Crippen LogP contribution < -0.4 is 25.4 Å². The number of nitrogens with one attached hydrogen (secondary N) is 3. The van der Waals surface area contributed by atoms with Crippen molar-refractivity contribution >= 4 is 11.8 Å². The van der Waals surface area contributed by atoms with E-state index in [1.807, 2.05) is 126 Å². The number of methoxy groups -OCH3 is 2. The Morgan fingerprint density at radius 3 is 1.78 bits per heavy atom. The van der Waals surface area contributed by atoms with E-state index in [1.54, 1.807) is 19.2 Å². The van der Waals surface area contributed by atoms with Crippen molar-refractivity contribution in [1.82, 2.24) is 16.0 Å². The highest BCUT2D eigenvalue weighted by Crippen LogP contribution is 2.28. The molecule has 0 heterocycles. The SMILES string of the molecule is COc1ccc(CN[C@@H](C(=O)[C@H](NCc2ccc(OC)cc2O)C(C)(C)C)[C@H](O)[C@H](Cc2ccccc2)N[C@@H](C(=O)OCc2ccccc2)C(C)(C)C)cc1. The lowest BCUT2D eigenvalue weighted by Crippen LogP contribution is -2.64. The highest BCUT2D eigenvalue weighted by Gasteiger charge is 2.43. The van der Waals surface area contributed by atoms with E-state index in [2.05, 4.69) is 16.0 Å². The van der Waals surface area contributed by atoms with Gasteiger partial charge in [0.2, 0.25) is 0 Å². The Hall–Kier alpha value is -4.74. The maximum atomic E-state index is 15.0. The zero-order chi connectivity index (χ0) is 40.2. The number of ether oxygens (including phenoxy) is 3. The molecule has 0 saturated carbocycles. The molecule has 0 amide bonds. The number of aliphatic hydroxyl groups is 1. The molecule has 0 aliphatic heterocycles. The molecule has 0 aliphatic rings. The van der Waals surface area contributed by atoms with E-state index in [4.69, 9.17) is 14.2 Å². The van der Waals surface area contributed by atoms with Gasteiger partial charge in [-0.15, -0.1) is 0 Å². The zero-order valence-corrected chi connectivity index (χ0v) is 33.5. The Kier molecular flexibility index (Phi) is 15.4. The summed E-state index contributed by atoms with van der Waals surface area (Å²) in [5.74, 6) is 0.546. The van der Waals surface area contributed by atoms with Gasteiger partial charge in [0.25, 0.3) is 0 Å². The van der Waals surface area contributed by atoms with Crippen molar-refractivity contribution in [3.8, 4) is 17.2 Å². The van der Waals surface area contributed by atoms with Gasteiger partial charge in [0, 0.05) is 30.8 Å². The third-order valence-corrected chi connectivity index (χ3v) is 9.69. The number of aliphatic hydroxyl groups excluding tert-OH is 1. The quantitative estimate of drug-likeness (QED) is 0.0688. The second-order valence-corrected chi connectivity index (χ2v) is 16.1. The smallest absolute Gasteiger partial charge is 0.324 e. The van der Waals surface area contributed by atoms with Gasteiger partial charge in [0.05, 0.1) is 32.4 Å². The number of rotatable bonds is 19. The summed E-state index contributed by atoms with van der Waals surface area (Å²) >= 11 is 0. The van der Waals surface area contributed by atoms with Gasteiger partial charge in [0.15, 0.2) is 5.78 Å². The maximum absolute atomic E-state index is 15.0. The molecule has 0 bridgehead atoms. The molecule has 5 atom stereocenters. The second kappa shape index (κ2) is 19.7. The number of phenolic OH excluding ortho intramolecular Hbond substituents is 1. The van der Waals surface area contributed by atoms with Crippen LogP contribution in [0.2, 0.25) is 0 Å². The van der Waals surface area contributed by atoms with Crippen LogP contribution in [0, 0.1) is 10.8 Å². The summed E-state index contributed by atoms with van der Waals surface area (Å²) in [7, 11) is 3.13. The first-order valence-electron chi connectivity index (χ1n) is 18.8. The number of carbonyl (C=O) groups is 2. The molecular formula is C45H59N3O7. The molecule has 0 spiro atoms. The molecule has 0 unspecified atom stereocenters. The van der Waals surface area contributed by atoms with E-state index in [0.29, 0.717) is 23.5 Å². The van der Waals surface area contributed by atoms with Crippen molar-refractivity contribution in [2.24, 2.45) is 10.8 Å². The molecule has 5 N–H and O–H groups in total. The number of ketones is 1. The molecule has 0 aliphatic carbocycles. The molecule has 4 aromatic carbocycles. The molecule has 4 aromatic rings. The van der Waals surface area contributed by atoms with Crippen LogP contribution in [0.1, 0.15) is 63.8 Å². The summed E-state index contributed by atoms with van der Waals surface area (Å²) < 4.78 is 16.4. The van der Waals surface area contributed by atoms with Gasteiger partial charge in [-0.2, -0.15) is 0 Å². The van der Waals surface area contributed by atoms with Crippen LogP contribution in [-0.4, -0.2) is 66.5 Å². The normalized spacial score (nSPS) is 14.6. The Morgan fingerprint density at radius 1 is 0.673 bits per heavy atom. The van der Waals surface area contributed by atoms with E-state index in [1.165, 1.54) is 13.2 Å². The minimum atomic E-state index is -1.31. The molecule has 55 heavy (non-hydrogen) atoms. The van der Waals surface area contributed by atoms with Gasteiger partial charge in [-0.25, -0.2) is 0 Å². The molecule has 0 fully saturated rings. The number of hydrogen-bond acceptors (Lipinski definition) is 10. The lowest BCUT2D eigenvalue weighted by atomic mass is 9.79. The predicted octanol–water partition coefficient (Wildman–Crippen LogP) is 6.36. The van der Waals surface area contributed by atoms with Crippen LogP contribution >= 0.6 is 0 Å². The van der Waals surface area contributed by atoms with Gasteiger partial charge in [-0.3, -0.25) is 14.9 Å². The van der Waals surface area contributed by atoms with E-state index in [0.717, 1.165) is 16.7 Å². The number of carbonyl (C=O) groups excluding carboxylic acids is 2. The standard InChI is InChI=1S/C45H59N3O7/c1-44(2,3)41(47-28-33-21-24-35(54-8)26-37(33)49)40(51)38(46-27-31-19-22-34(53-7)23-20-31)39(50)36(25-30-15-11-9-12-16-30)48-42(45(4,5)6)43(52)55-29-32-17-13-10-14-18-32/h9-24,26,36,38-39,41-42,46-50H,25,27-29H2,1-8H3/t36-,38+,39+,41-,42-/m0/s1. The maximum Gasteiger partial charge on any atom is 0.324 e. The average Bonchev–Trinajstić information content (AvgIpc) is 3.16. The number of benzene rings is 4. The van der Waals surface area contributed by atoms with Gasteiger partial charge < -0.3 is 35.1 Å². The number of esters is 1. The molecule has 10 heteroatoms. The lowest BCUT2D eigenvalue weighted by Gasteiger charge is -2.39. The summed E-state index contributed by atoms with van der Waals surface area (Å²) in [5, 5.41) is 33.6. The molecule has 296 valence electrons. The van der Waals surface area contributed by atoms with Crippen molar-refractivity contribution in [3.63, 3.8) is 0 Å². The van der Waals surface area contributed by atoms with E-state index in [-0.39, 0.29) is 31.2 Å². The number of phenols is 1. The van der Waals surface area contributed by atoms with Crippen LogP contribution in [0.3, 0.4) is 0 Å². The van der Waals surface area contributed by atoms with Gasteiger partial charge >= 0.3 is 5.97 Å². The van der Waals surface area contributed by atoms with Gasteiger partial charge in [-0.05, 0) is 52.1 Å². The van der Waals surface area contributed by atoms with Crippen LogP contribution in [0.5, 0.6) is 17.2 Å². The Bertz CT molecular complexity index is 1790. The topological polar surface area (TPSA) is 138 Å². The van der Waals surface area contributed by atoms with Crippen LogP contribution in [-0.2, 0) is 40.4 Å². The molecule has 0 radical (unpaired) electrons. The minimum absolute atomic E-state index is 0.0423. The van der Waals surface area contributed by atoms with Gasteiger partial charge in [-0.1, -0.05) is 120 Å². The molecule has 0 aromatic heterocycles. The number of aromatic hydroxyl groups is 1. The monoisotopic (exact) mass is 753 g/mol. The average molecular weight is 754 g/mol. The summed E-state index contributed by atoms with van der Waals surface area (Å²) in [4.78, 5) is 28.9. The first-order valence-corrected chi connectivity index (χ1v) is 18.8. The fourth-order valence-electron chi connectivity index (χ4n) is 6.48. The third-order valence-electron chi connectivity index (χ3n) is 9.69. The zero-order valence-electron chi connectivity index (χ0n) is 33.5. The summed E-state index contributed by atoms with van der Waals surface area (Å²) in [6.07, 6.45) is -0.985. The second-order valence-electron chi connectivity index (χ2n) is 16.1. The van der Waals surface area contributed by atoms with E-state index in [9.17, 15) is 19.8 Å². The predicted molar refractivity (Wildman–Crippen MR) is 216 cm³/mol. The first-order chi connectivity index (χ1) is 26.1. The number of Topliss-reactive ketones (excluding diaryl/α,β-unsaturated/α-hetero) is 1. The molecule has 10 nitrogen and oxygen atoms in total. The fraction of sp³-hybridized carbons (Fsp3) is 0.422. The molecule has 0 saturated heterocycles.